The number of aryl methyl sites for hydroxylation is 2. The van der Waals surface area contributed by atoms with Crippen molar-refractivity contribution in [2.45, 2.75) is 33.6 Å². The quantitative estimate of drug-likeness (QED) is 0.596. The van der Waals surface area contributed by atoms with Gasteiger partial charge < -0.3 is 9.80 Å². The highest BCUT2D eigenvalue weighted by Gasteiger charge is 2.24. The summed E-state index contributed by atoms with van der Waals surface area (Å²) in [4.78, 5) is 3.24. The molecule has 2 heterocycles. The molecule has 1 fully saturated rings. The predicted molar refractivity (Wildman–Crippen MR) is 118 cm³/mol. The predicted octanol–water partition coefficient (Wildman–Crippen LogP) is 1.02. The average molecular weight is 410 g/mol. The van der Waals surface area contributed by atoms with E-state index < -0.39 is 0 Å². The molecular weight excluding hydrogens is 378 g/mol. The van der Waals surface area contributed by atoms with E-state index in [2.05, 4.69) is 66.9 Å². The van der Waals surface area contributed by atoms with Crippen LogP contribution in [-0.2, 0) is 19.8 Å². The van der Waals surface area contributed by atoms with E-state index in [1.165, 1.54) is 29.8 Å². The Morgan fingerprint density at radius 3 is 2.31 bits per heavy atom. The Morgan fingerprint density at radius 1 is 0.897 bits per heavy atom. The molecule has 0 spiro atoms. The van der Waals surface area contributed by atoms with E-state index in [0.717, 1.165) is 43.4 Å². The highest BCUT2D eigenvalue weighted by atomic mass is 32.1. The lowest BCUT2D eigenvalue weighted by molar-refractivity contribution is -1.03. The smallest absolute Gasteiger partial charge is 0.203 e. The molecule has 1 aliphatic rings. The van der Waals surface area contributed by atoms with Gasteiger partial charge in [0.25, 0.3) is 0 Å². The van der Waals surface area contributed by atoms with Crippen LogP contribution in [0.3, 0.4) is 0 Å². The Hall–Kier alpha value is -2.28. The second-order valence-corrected chi connectivity index (χ2v) is 8.59. The highest BCUT2D eigenvalue weighted by molar-refractivity contribution is 7.71. The van der Waals surface area contributed by atoms with Gasteiger partial charge >= 0.3 is 0 Å². The van der Waals surface area contributed by atoms with Gasteiger partial charge in [-0.2, -0.15) is 9.78 Å². The molecule has 0 bridgehead atoms. The molecule has 4 rings (SSSR count). The minimum Gasteiger partial charge on any atom is -0.322 e. The third-order valence-electron chi connectivity index (χ3n) is 5.87. The summed E-state index contributed by atoms with van der Waals surface area (Å²) >= 11 is 5.75. The van der Waals surface area contributed by atoms with Crippen LogP contribution < -0.4 is 9.80 Å². The molecular formula is C23H31N5S+2. The molecule has 1 aliphatic heterocycles. The largest absolute Gasteiger partial charge is 0.322 e. The maximum absolute atomic E-state index is 5.75. The second kappa shape index (κ2) is 9.03. The standard InChI is InChI=1S/C23H29N5S/c1-19-7-6-10-22(15-19)16-25-11-13-26(14-12-25)18-28-23(29)27(20(2)24-28)17-21-8-4-3-5-9-21/h3-10,15H,11-14,16-18H2,1-2H3/p+2. The van der Waals surface area contributed by atoms with Gasteiger partial charge in [-0.15, -0.1) is 0 Å². The van der Waals surface area contributed by atoms with Crippen LogP contribution in [-0.4, -0.2) is 40.5 Å². The van der Waals surface area contributed by atoms with Gasteiger partial charge in [0, 0.05) is 5.56 Å². The molecule has 2 aromatic carbocycles. The number of benzene rings is 2. The number of piperazine rings is 1. The molecule has 0 radical (unpaired) electrons. The summed E-state index contributed by atoms with van der Waals surface area (Å²) in [6.45, 7) is 11.7. The van der Waals surface area contributed by atoms with Gasteiger partial charge in [0.15, 0.2) is 6.67 Å². The zero-order valence-corrected chi connectivity index (χ0v) is 18.2. The molecule has 29 heavy (non-hydrogen) atoms. The molecule has 6 heteroatoms. The maximum Gasteiger partial charge on any atom is 0.203 e. The van der Waals surface area contributed by atoms with Gasteiger partial charge in [-0.25, -0.2) is 0 Å². The lowest BCUT2D eigenvalue weighted by Crippen LogP contribution is -3.27. The van der Waals surface area contributed by atoms with Crippen LogP contribution in [0.25, 0.3) is 0 Å². The van der Waals surface area contributed by atoms with E-state index in [9.17, 15) is 0 Å². The summed E-state index contributed by atoms with van der Waals surface area (Å²) in [7, 11) is 0. The van der Waals surface area contributed by atoms with Crippen molar-refractivity contribution in [1.82, 2.24) is 14.3 Å². The van der Waals surface area contributed by atoms with E-state index in [1.54, 1.807) is 9.80 Å². The topological polar surface area (TPSA) is 31.6 Å². The first kappa shape index (κ1) is 20.0. The van der Waals surface area contributed by atoms with Crippen molar-refractivity contribution in [2.75, 3.05) is 26.2 Å². The fraction of sp³-hybridized carbons (Fsp3) is 0.391. The number of quaternary nitrogens is 2. The van der Waals surface area contributed by atoms with Gasteiger partial charge in [0.2, 0.25) is 4.77 Å². The van der Waals surface area contributed by atoms with Crippen molar-refractivity contribution in [3.63, 3.8) is 0 Å². The minimum absolute atomic E-state index is 0.787. The Morgan fingerprint density at radius 2 is 1.59 bits per heavy atom. The molecule has 0 amide bonds. The average Bonchev–Trinajstić information content (AvgIpc) is 2.98. The van der Waals surface area contributed by atoms with E-state index in [0.29, 0.717) is 0 Å². The zero-order valence-electron chi connectivity index (χ0n) is 17.4. The second-order valence-electron chi connectivity index (χ2n) is 8.23. The van der Waals surface area contributed by atoms with Crippen LogP contribution >= 0.6 is 12.2 Å². The molecule has 0 saturated carbocycles. The highest BCUT2D eigenvalue weighted by Crippen LogP contribution is 2.06. The van der Waals surface area contributed by atoms with E-state index in [-0.39, 0.29) is 0 Å². The summed E-state index contributed by atoms with van der Waals surface area (Å²) in [6.07, 6.45) is 0. The van der Waals surface area contributed by atoms with Crippen molar-refractivity contribution in [3.05, 3.63) is 81.9 Å². The summed E-state index contributed by atoms with van der Waals surface area (Å²) < 4.78 is 4.99. The maximum atomic E-state index is 5.75. The number of aromatic nitrogens is 3. The zero-order chi connectivity index (χ0) is 20.2. The molecule has 0 atom stereocenters. The third kappa shape index (κ3) is 5.01. The Labute approximate surface area is 178 Å². The van der Waals surface area contributed by atoms with Crippen LogP contribution in [0.4, 0.5) is 0 Å². The third-order valence-corrected chi connectivity index (χ3v) is 6.30. The first-order valence-corrected chi connectivity index (χ1v) is 10.9. The molecule has 0 unspecified atom stereocenters. The van der Waals surface area contributed by atoms with Gasteiger partial charge in [-0.3, -0.25) is 4.57 Å². The number of hydrogen-bond acceptors (Lipinski definition) is 2. The number of nitrogens with one attached hydrogen (secondary N) is 2. The summed E-state index contributed by atoms with van der Waals surface area (Å²) in [5.74, 6) is 0.988. The Kier molecular flexibility index (Phi) is 6.23. The van der Waals surface area contributed by atoms with Crippen molar-refractivity contribution in [1.29, 1.82) is 0 Å². The summed E-state index contributed by atoms with van der Waals surface area (Å²) in [6, 6.07) is 19.4. The lowest BCUT2D eigenvalue weighted by atomic mass is 10.1. The molecule has 1 aromatic heterocycles. The van der Waals surface area contributed by atoms with Crippen molar-refractivity contribution in [3.8, 4) is 0 Å². The fourth-order valence-electron chi connectivity index (χ4n) is 4.21. The van der Waals surface area contributed by atoms with Gasteiger partial charge in [0.1, 0.15) is 38.5 Å². The van der Waals surface area contributed by atoms with Crippen molar-refractivity contribution >= 4 is 12.2 Å². The first-order valence-electron chi connectivity index (χ1n) is 10.5. The van der Waals surface area contributed by atoms with Crippen LogP contribution in [0, 0.1) is 18.6 Å². The van der Waals surface area contributed by atoms with Gasteiger partial charge in [-0.05, 0) is 31.6 Å². The fourth-order valence-corrected chi connectivity index (χ4v) is 4.52. The molecule has 0 aliphatic carbocycles. The van der Waals surface area contributed by atoms with E-state index >= 15 is 0 Å². The van der Waals surface area contributed by atoms with E-state index in [4.69, 9.17) is 17.3 Å². The molecule has 3 aromatic rings. The Balaban J connectivity index is 1.35. The first-order chi connectivity index (χ1) is 14.1. The lowest BCUT2D eigenvalue weighted by Gasteiger charge is -2.29. The Bertz CT molecular complexity index is 1000. The van der Waals surface area contributed by atoms with Crippen molar-refractivity contribution in [2.24, 2.45) is 0 Å². The van der Waals surface area contributed by atoms with Gasteiger partial charge in [0.05, 0.1) is 6.54 Å². The van der Waals surface area contributed by atoms with Crippen molar-refractivity contribution < 1.29 is 9.80 Å². The van der Waals surface area contributed by atoms with Crippen LogP contribution in [0.5, 0.6) is 0 Å². The monoisotopic (exact) mass is 409 g/mol. The molecule has 152 valence electrons. The molecule has 1 saturated heterocycles. The van der Waals surface area contributed by atoms with Crippen LogP contribution in [0.2, 0.25) is 0 Å². The van der Waals surface area contributed by atoms with Crippen LogP contribution in [0.15, 0.2) is 54.6 Å². The summed E-state index contributed by atoms with van der Waals surface area (Å²) in [5, 5.41) is 4.74. The van der Waals surface area contributed by atoms with E-state index in [1.807, 2.05) is 10.7 Å². The minimum atomic E-state index is 0.787. The normalized spacial score (nSPS) is 19.4. The number of rotatable bonds is 6. The van der Waals surface area contributed by atoms with Crippen LogP contribution in [0.1, 0.15) is 22.5 Å². The SMILES string of the molecule is Cc1cccc(C[NH+]2CC[NH+](Cn3nc(C)n(Cc4ccccc4)c3=S)CC2)c1. The molecule has 5 nitrogen and oxygen atoms in total. The number of hydrogen-bond donors (Lipinski definition) is 2. The summed E-state index contributed by atoms with van der Waals surface area (Å²) in [5.41, 5.74) is 4.05. The number of nitrogens with zero attached hydrogens (tertiary/aromatic N) is 3. The molecule has 2 N–H and O–H groups in total. The van der Waals surface area contributed by atoms with Gasteiger partial charge in [-0.1, -0.05) is 60.2 Å².